The number of hydrogen-bond acceptors (Lipinski definition) is 6. The lowest BCUT2D eigenvalue weighted by molar-refractivity contribution is -0.136. The minimum atomic E-state index is -0.924. The van der Waals surface area contributed by atoms with Crippen molar-refractivity contribution in [3.8, 4) is 11.5 Å². The molecule has 0 aromatic heterocycles. The second kappa shape index (κ2) is 12.0. The molecule has 0 saturated heterocycles. The van der Waals surface area contributed by atoms with E-state index in [1.165, 1.54) is 13.3 Å². The fourth-order valence-electron chi connectivity index (χ4n) is 2.98. The molecule has 9 heteroatoms. The van der Waals surface area contributed by atoms with Crippen LogP contribution in [0.2, 0.25) is 0 Å². The molecule has 0 bridgehead atoms. The van der Waals surface area contributed by atoms with Crippen LogP contribution in [0.5, 0.6) is 11.5 Å². The van der Waals surface area contributed by atoms with Gasteiger partial charge in [-0.1, -0.05) is 24.3 Å². The van der Waals surface area contributed by atoms with E-state index in [0.29, 0.717) is 22.7 Å². The largest absolute Gasteiger partial charge is 0.497 e. The summed E-state index contributed by atoms with van der Waals surface area (Å²) in [5, 5.41) is 9.10. The van der Waals surface area contributed by atoms with Crippen molar-refractivity contribution < 1.29 is 23.9 Å². The van der Waals surface area contributed by atoms with Crippen molar-refractivity contribution >= 4 is 35.3 Å². The van der Waals surface area contributed by atoms with Gasteiger partial charge in [0.15, 0.2) is 6.61 Å². The Kier molecular flexibility index (Phi) is 8.55. The summed E-state index contributed by atoms with van der Waals surface area (Å²) in [5.74, 6) is -0.987. The third kappa shape index (κ3) is 7.43. The molecule has 0 heterocycles. The van der Waals surface area contributed by atoms with Crippen molar-refractivity contribution in [1.82, 2.24) is 5.43 Å². The van der Waals surface area contributed by atoms with Crippen LogP contribution in [0.4, 0.5) is 11.4 Å². The highest BCUT2D eigenvalue weighted by atomic mass is 16.5. The zero-order valence-corrected chi connectivity index (χ0v) is 19.6. The molecule has 0 fully saturated rings. The number of anilines is 2. The van der Waals surface area contributed by atoms with E-state index in [9.17, 15) is 14.4 Å². The van der Waals surface area contributed by atoms with Crippen LogP contribution in [-0.2, 0) is 14.4 Å². The molecule has 35 heavy (non-hydrogen) atoms. The van der Waals surface area contributed by atoms with Gasteiger partial charge in [-0.05, 0) is 73.0 Å². The van der Waals surface area contributed by atoms with E-state index in [2.05, 4.69) is 21.2 Å². The van der Waals surface area contributed by atoms with Gasteiger partial charge in [0.2, 0.25) is 0 Å². The van der Waals surface area contributed by atoms with E-state index in [-0.39, 0.29) is 12.5 Å². The van der Waals surface area contributed by atoms with E-state index in [1.54, 1.807) is 48.5 Å². The fourth-order valence-corrected chi connectivity index (χ4v) is 2.98. The van der Waals surface area contributed by atoms with Gasteiger partial charge < -0.3 is 20.1 Å². The average Bonchev–Trinajstić information content (AvgIpc) is 2.86. The molecular formula is C26H26N4O5. The summed E-state index contributed by atoms with van der Waals surface area (Å²) in [6.07, 6.45) is 1.36. The van der Waals surface area contributed by atoms with Crippen LogP contribution in [0, 0.1) is 13.8 Å². The minimum absolute atomic E-state index is 0.170. The Morgan fingerprint density at radius 1 is 0.886 bits per heavy atom. The highest BCUT2D eigenvalue weighted by Crippen LogP contribution is 2.18. The van der Waals surface area contributed by atoms with Gasteiger partial charge in [0, 0.05) is 11.4 Å². The molecule has 3 amide bonds. The fraction of sp³-hybridized carbons (Fsp3) is 0.154. The summed E-state index contributed by atoms with van der Waals surface area (Å²) in [7, 11) is 1.53. The molecule has 9 nitrogen and oxygen atoms in total. The number of methoxy groups -OCH3 is 1. The highest BCUT2D eigenvalue weighted by molar-refractivity contribution is 6.39. The van der Waals surface area contributed by atoms with E-state index < -0.39 is 11.8 Å². The van der Waals surface area contributed by atoms with Crippen LogP contribution < -0.4 is 25.5 Å². The van der Waals surface area contributed by atoms with E-state index in [1.807, 2.05) is 32.0 Å². The molecule has 3 aromatic rings. The summed E-state index contributed by atoms with van der Waals surface area (Å²) in [4.78, 5) is 36.2. The van der Waals surface area contributed by atoms with Crippen molar-refractivity contribution in [1.29, 1.82) is 0 Å². The minimum Gasteiger partial charge on any atom is -0.497 e. The third-order valence-electron chi connectivity index (χ3n) is 5.04. The molecule has 0 unspecified atom stereocenters. The van der Waals surface area contributed by atoms with Crippen LogP contribution in [0.25, 0.3) is 0 Å². The number of ether oxygens (including phenoxy) is 2. The number of benzene rings is 3. The monoisotopic (exact) mass is 474 g/mol. The van der Waals surface area contributed by atoms with E-state index >= 15 is 0 Å². The quantitative estimate of drug-likeness (QED) is 0.263. The van der Waals surface area contributed by atoms with Gasteiger partial charge in [0.05, 0.1) is 13.3 Å². The summed E-state index contributed by atoms with van der Waals surface area (Å²) < 4.78 is 10.6. The van der Waals surface area contributed by atoms with Crippen LogP contribution in [0.15, 0.2) is 71.8 Å². The SMILES string of the molecule is COc1ccc(NC(=O)C(=O)N/N=C\c2cccc(OCC(=O)Nc3cccc(C)c3C)c2)cc1. The topological polar surface area (TPSA) is 118 Å². The number of amides is 3. The molecule has 3 rings (SSSR count). The summed E-state index contributed by atoms with van der Waals surface area (Å²) in [5.41, 5.74) is 6.05. The van der Waals surface area contributed by atoms with Crippen molar-refractivity contribution in [2.75, 3.05) is 24.4 Å². The number of hydrogen-bond donors (Lipinski definition) is 3. The van der Waals surface area contributed by atoms with Gasteiger partial charge in [-0.2, -0.15) is 5.10 Å². The zero-order chi connectivity index (χ0) is 25.2. The number of nitrogens with one attached hydrogen (secondary N) is 3. The molecular weight excluding hydrogens is 448 g/mol. The van der Waals surface area contributed by atoms with Gasteiger partial charge in [-0.25, -0.2) is 5.43 Å². The lowest BCUT2D eigenvalue weighted by atomic mass is 10.1. The van der Waals surface area contributed by atoms with Gasteiger partial charge in [0.1, 0.15) is 11.5 Å². The van der Waals surface area contributed by atoms with Crippen LogP contribution >= 0.6 is 0 Å². The van der Waals surface area contributed by atoms with Crippen LogP contribution in [-0.4, -0.2) is 37.7 Å². The van der Waals surface area contributed by atoms with Gasteiger partial charge in [-0.3, -0.25) is 14.4 Å². The maximum absolute atomic E-state index is 12.3. The normalized spacial score (nSPS) is 10.5. The first kappa shape index (κ1) is 25.0. The van der Waals surface area contributed by atoms with Gasteiger partial charge >= 0.3 is 11.8 Å². The number of carbonyl (C=O) groups is 3. The first-order chi connectivity index (χ1) is 16.9. The van der Waals surface area contributed by atoms with E-state index in [4.69, 9.17) is 9.47 Å². The van der Waals surface area contributed by atoms with Gasteiger partial charge in [0.25, 0.3) is 5.91 Å². The van der Waals surface area contributed by atoms with Crippen molar-refractivity contribution in [2.45, 2.75) is 13.8 Å². The molecule has 0 aliphatic carbocycles. The Hall–Kier alpha value is -4.66. The Balaban J connectivity index is 1.48. The Morgan fingerprint density at radius 3 is 2.37 bits per heavy atom. The molecule has 3 N–H and O–H groups in total. The predicted octanol–water partition coefficient (Wildman–Crippen LogP) is 3.42. The van der Waals surface area contributed by atoms with Crippen molar-refractivity contribution in [3.05, 3.63) is 83.4 Å². The summed E-state index contributed by atoms with van der Waals surface area (Å²) in [6, 6.07) is 19.0. The molecule has 0 spiro atoms. The molecule has 0 aliphatic rings. The lowest BCUT2D eigenvalue weighted by Gasteiger charge is -2.11. The molecule has 0 atom stereocenters. The standard InChI is InChI=1S/C26H26N4O5/c1-17-6-4-9-23(18(17)2)29-24(31)16-35-22-8-5-7-19(14-22)15-27-30-26(33)25(32)28-20-10-12-21(34-3)13-11-20/h4-15H,16H2,1-3H3,(H,28,32)(H,29,31)(H,30,33)/b27-15-. The number of hydrazone groups is 1. The second-order valence-corrected chi connectivity index (χ2v) is 7.54. The number of carbonyl (C=O) groups excluding carboxylic acids is 3. The maximum atomic E-state index is 12.3. The van der Waals surface area contributed by atoms with Crippen LogP contribution in [0.3, 0.4) is 0 Å². The van der Waals surface area contributed by atoms with Crippen molar-refractivity contribution in [2.24, 2.45) is 5.10 Å². The molecule has 0 radical (unpaired) electrons. The molecule has 180 valence electrons. The first-order valence-electron chi connectivity index (χ1n) is 10.7. The van der Waals surface area contributed by atoms with E-state index in [0.717, 1.165) is 16.8 Å². The summed E-state index contributed by atoms with van der Waals surface area (Å²) in [6.45, 7) is 3.75. The predicted molar refractivity (Wildman–Crippen MR) is 134 cm³/mol. The third-order valence-corrected chi connectivity index (χ3v) is 5.04. The number of aryl methyl sites for hydroxylation is 1. The highest BCUT2D eigenvalue weighted by Gasteiger charge is 2.13. The Bertz CT molecular complexity index is 1240. The number of nitrogens with zero attached hydrogens (tertiary/aromatic N) is 1. The Morgan fingerprint density at radius 2 is 1.63 bits per heavy atom. The number of rotatable bonds is 8. The first-order valence-corrected chi connectivity index (χ1v) is 10.7. The maximum Gasteiger partial charge on any atom is 0.329 e. The molecule has 0 saturated carbocycles. The smallest absolute Gasteiger partial charge is 0.329 e. The van der Waals surface area contributed by atoms with Crippen LogP contribution in [0.1, 0.15) is 16.7 Å². The molecule has 0 aliphatic heterocycles. The zero-order valence-electron chi connectivity index (χ0n) is 19.6. The second-order valence-electron chi connectivity index (χ2n) is 7.54. The summed E-state index contributed by atoms with van der Waals surface area (Å²) >= 11 is 0. The average molecular weight is 475 g/mol. The lowest BCUT2D eigenvalue weighted by Crippen LogP contribution is -2.32. The van der Waals surface area contributed by atoms with Gasteiger partial charge in [-0.15, -0.1) is 0 Å². The van der Waals surface area contributed by atoms with Crippen molar-refractivity contribution in [3.63, 3.8) is 0 Å². The Labute approximate surface area is 203 Å². The molecule has 3 aromatic carbocycles.